The van der Waals surface area contributed by atoms with Crippen LogP contribution in [0.4, 0.5) is 0 Å². The van der Waals surface area contributed by atoms with Gasteiger partial charge in [-0.3, -0.25) is 9.69 Å². The lowest BCUT2D eigenvalue weighted by atomic mass is 10.3. The van der Waals surface area contributed by atoms with Crippen molar-refractivity contribution in [3.8, 4) is 0 Å². The summed E-state index contributed by atoms with van der Waals surface area (Å²) < 4.78 is 26.6. The molecule has 0 atom stereocenters. The second-order valence-electron chi connectivity index (χ2n) is 5.48. The first-order valence-corrected chi connectivity index (χ1v) is 9.50. The van der Waals surface area contributed by atoms with Crippen LogP contribution in [0.3, 0.4) is 0 Å². The van der Waals surface area contributed by atoms with Crippen LogP contribution in [0.5, 0.6) is 0 Å². The largest absolute Gasteiger partial charge is 0.355 e. The second kappa shape index (κ2) is 8.10. The molecule has 0 spiro atoms. The van der Waals surface area contributed by atoms with Crippen molar-refractivity contribution in [3.63, 3.8) is 0 Å². The Kier molecular flexibility index (Phi) is 6.41. The summed E-state index contributed by atoms with van der Waals surface area (Å²) in [6, 6.07) is 6.18. The van der Waals surface area contributed by atoms with Gasteiger partial charge in [-0.15, -0.1) is 0 Å². The van der Waals surface area contributed by atoms with Gasteiger partial charge in [-0.05, 0) is 30.7 Å². The van der Waals surface area contributed by atoms with Crippen molar-refractivity contribution in [2.45, 2.75) is 18.2 Å². The van der Waals surface area contributed by atoms with E-state index in [4.69, 9.17) is 11.6 Å². The Morgan fingerprint density at radius 3 is 2.35 bits per heavy atom. The standard InChI is InChI=1S/C15H22ClN3O3S/c1-2-7-17-15(20)12-18-8-10-19(11-9-18)23(21,22)14-5-3-13(16)4-6-14/h3-6H,2,7-12H2,1H3,(H,17,20). The molecule has 6 nitrogen and oxygen atoms in total. The van der Waals surface area contributed by atoms with Crippen molar-refractivity contribution >= 4 is 27.5 Å². The van der Waals surface area contributed by atoms with Crippen LogP contribution in [-0.2, 0) is 14.8 Å². The number of carbonyl (C=O) groups excluding carboxylic acids is 1. The number of benzene rings is 1. The zero-order valence-electron chi connectivity index (χ0n) is 13.2. The molecule has 23 heavy (non-hydrogen) atoms. The van der Waals surface area contributed by atoms with Crippen LogP contribution >= 0.6 is 11.6 Å². The van der Waals surface area contributed by atoms with E-state index < -0.39 is 10.0 Å². The Morgan fingerprint density at radius 2 is 1.78 bits per heavy atom. The molecule has 0 saturated carbocycles. The lowest BCUT2D eigenvalue weighted by molar-refractivity contribution is -0.122. The van der Waals surface area contributed by atoms with Gasteiger partial charge in [0, 0.05) is 37.7 Å². The van der Waals surface area contributed by atoms with Crippen LogP contribution in [0.25, 0.3) is 0 Å². The maximum atomic E-state index is 12.6. The molecule has 1 aliphatic heterocycles. The van der Waals surface area contributed by atoms with Crippen LogP contribution in [0.2, 0.25) is 5.02 Å². The predicted octanol–water partition coefficient (Wildman–Crippen LogP) is 1.17. The smallest absolute Gasteiger partial charge is 0.243 e. The highest BCUT2D eigenvalue weighted by molar-refractivity contribution is 7.89. The fourth-order valence-electron chi connectivity index (χ4n) is 2.41. The van der Waals surface area contributed by atoms with Gasteiger partial charge in [-0.25, -0.2) is 8.42 Å². The Bertz CT molecular complexity index is 626. The number of carbonyl (C=O) groups is 1. The highest BCUT2D eigenvalue weighted by atomic mass is 35.5. The van der Waals surface area contributed by atoms with Gasteiger partial charge in [0.25, 0.3) is 0 Å². The number of hydrogen-bond donors (Lipinski definition) is 1. The predicted molar refractivity (Wildman–Crippen MR) is 90.0 cm³/mol. The number of amides is 1. The fraction of sp³-hybridized carbons (Fsp3) is 0.533. The molecule has 0 bridgehead atoms. The minimum atomic E-state index is -3.50. The van der Waals surface area contributed by atoms with Crippen molar-refractivity contribution in [2.75, 3.05) is 39.3 Å². The number of hydrogen-bond acceptors (Lipinski definition) is 4. The van der Waals surface area contributed by atoms with Gasteiger partial charge < -0.3 is 5.32 Å². The first-order valence-electron chi connectivity index (χ1n) is 7.68. The van der Waals surface area contributed by atoms with E-state index in [1.807, 2.05) is 11.8 Å². The molecule has 2 rings (SSSR count). The van der Waals surface area contributed by atoms with Gasteiger partial charge in [0.05, 0.1) is 11.4 Å². The molecule has 8 heteroatoms. The maximum absolute atomic E-state index is 12.6. The van der Waals surface area contributed by atoms with E-state index >= 15 is 0 Å². The number of nitrogens with zero attached hydrogens (tertiary/aromatic N) is 2. The molecule has 0 unspecified atom stereocenters. The van der Waals surface area contributed by atoms with Gasteiger partial charge in [0.1, 0.15) is 0 Å². The lowest BCUT2D eigenvalue weighted by Gasteiger charge is -2.33. The molecule has 0 aromatic heterocycles. The summed E-state index contributed by atoms with van der Waals surface area (Å²) in [5, 5.41) is 3.33. The Hall–Kier alpha value is -1.15. The summed E-state index contributed by atoms with van der Waals surface area (Å²) in [5.41, 5.74) is 0. The maximum Gasteiger partial charge on any atom is 0.243 e. The Morgan fingerprint density at radius 1 is 1.17 bits per heavy atom. The average Bonchev–Trinajstić information content (AvgIpc) is 2.54. The first kappa shape index (κ1) is 18.2. The quantitative estimate of drug-likeness (QED) is 0.827. The number of nitrogens with one attached hydrogen (secondary N) is 1. The normalized spacial score (nSPS) is 17.1. The summed E-state index contributed by atoms with van der Waals surface area (Å²) in [6.45, 7) is 4.84. The van der Waals surface area contributed by atoms with Crippen molar-refractivity contribution < 1.29 is 13.2 Å². The molecule has 1 aliphatic rings. The number of sulfonamides is 1. The van der Waals surface area contributed by atoms with E-state index in [0.29, 0.717) is 44.3 Å². The van der Waals surface area contributed by atoms with Crippen LogP contribution < -0.4 is 5.32 Å². The molecule has 1 amide bonds. The molecule has 1 heterocycles. The van der Waals surface area contributed by atoms with Crippen molar-refractivity contribution in [2.24, 2.45) is 0 Å². The summed E-state index contributed by atoms with van der Waals surface area (Å²) in [4.78, 5) is 13.9. The average molecular weight is 360 g/mol. The summed E-state index contributed by atoms with van der Waals surface area (Å²) in [5.74, 6) is -0.0131. The van der Waals surface area contributed by atoms with Crippen molar-refractivity contribution in [1.29, 1.82) is 0 Å². The van der Waals surface area contributed by atoms with E-state index in [-0.39, 0.29) is 10.8 Å². The summed E-state index contributed by atoms with van der Waals surface area (Å²) in [7, 11) is -3.50. The molecule has 128 valence electrons. The molecule has 1 N–H and O–H groups in total. The van der Waals surface area contributed by atoms with E-state index in [0.717, 1.165) is 6.42 Å². The van der Waals surface area contributed by atoms with Gasteiger partial charge in [0.15, 0.2) is 0 Å². The van der Waals surface area contributed by atoms with Gasteiger partial charge in [0.2, 0.25) is 15.9 Å². The second-order valence-corrected chi connectivity index (χ2v) is 7.86. The monoisotopic (exact) mass is 359 g/mol. The van der Waals surface area contributed by atoms with Crippen LogP contribution in [0.15, 0.2) is 29.2 Å². The molecular weight excluding hydrogens is 338 g/mol. The highest BCUT2D eigenvalue weighted by Crippen LogP contribution is 2.19. The van der Waals surface area contributed by atoms with Gasteiger partial charge >= 0.3 is 0 Å². The molecule has 0 radical (unpaired) electrons. The zero-order valence-corrected chi connectivity index (χ0v) is 14.7. The third kappa shape index (κ3) is 4.91. The molecule has 1 aromatic carbocycles. The van der Waals surface area contributed by atoms with E-state index in [9.17, 15) is 13.2 Å². The van der Waals surface area contributed by atoms with E-state index in [2.05, 4.69) is 5.32 Å². The highest BCUT2D eigenvalue weighted by Gasteiger charge is 2.28. The third-order valence-corrected chi connectivity index (χ3v) is 5.89. The molecule has 1 aromatic rings. The van der Waals surface area contributed by atoms with E-state index in [1.54, 1.807) is 12.1 Å². The number of rotatable bonds is 6. The molecule has 1 saturated heterocycles. The SMILES string of the molecule is CCCNC(=O)CN1CCN(S(=O)(=O)c2ccc(Cl)cc2)CC1. The van der Waals surface area contributed by atoms with Crippen molar-refractivity contribution in [3.05, 3.63) is 29.3 Å². The Balaban J connectivity index is 1.91. The molecule has 0 aliphatic carbocycles. The number of halogens is 1. The minimum Gasteiger partial charge on any atom is -0.355 e. The van der Waals surface area contributed by atoms with Crippen LogP contribution in [-0.4, -0.2) is 62.8 Å². The van der Waals surface area contributed by atoms with E-state index in [1.165, 1.54) is 16.4 Å². The lowest BCUT2D eigenvalue weighted by Crippen LogP contribution is -2.51. The summed E-state index contributed by atoms with van der Waals surface area (Å²) in [6.07, 6.45) is 0.902. The van der Waals surface area contributed by atoms with Crippen molar-refractivity contribution in [1.82, 2.24) is 14.5 Å². The van der Waals surface area contributed by atoms with Crippen LogP contribution in [0.1, 0.15) is 13.3 Å². The Labute approximate surface area is 142 Å². The topological polar surface area (TPSA) is 69.7 Å². The summed E-state index contributed by atoms with van der Waals surface area (Å²) >= 11 is 5.80. The fourth-order valence-corrected chi connectivity index (χ4v) is 3.96. The van der Waals surface area contributed by atoms with Gasteiger partial charge in [-0.1, -0.05) is 18.5 Å². The third-order valence-electron chi connectivity index (χ3n) is 3.72. The zero-order chi connectivity index (χ0) is 16.9. The van der Waals surface area contributed by atoms with Gasteiger partial charge in [-0.2, -0.15) is 4.31 Å². The molecule has 1 fully saturated rings. The number of piperazine rings is 1. The first-order chi connectivity index (χ1) is 10.9. The van der Waals surface area contributed by atoms with Crippen LogP contribution in [0, 0.1) is 0 Å². The molecular formula is C15H22ClN3O3S. The minimum absolute atomic E-state index is 0.0131.